The Morgan fingerprint density at radius 3 is 2.92 bits per heavy atom. The highest BCUT2D eigenvalue weighted by Gasteiger charge is 2.33. The molecule has 0 aliphatic heterocycles. The number of aromatic amines is 1. The Balaban J connectivity index is 1.49. The zero-order valence-corrected chi connectivity index (χ0v) is 14.8. The number of hydrogen-bond acceptors (Lipinski definition) is 4. The second-order valence-corrected chi connectivity index (χ2v) is 6.64. The molecule has 0 radical (unpaired) electrons. The van der Waals surface area contributed by atoms with Gasteiger partial charge in [-0.25, -0.2) is 9.78 Å². The van der Waals surface area contributed by atoms with Crippen LogP contribution in [0.5, 0.6) is 0 Å². The van der Waals surface area contributed by atoms with Gasteiger partial charge in [0.25, 0.3) is 0 Å². The summed E-state index contributed by atoms with van der Waals surface area (Å²) in [4.78, 5) is 19.0. The average Bonchev–Trinajstić information content (AvgIpc) is 3.23. The molecule has 1 aromatic carbocycles. The summed E-state index contributed by atoms with van der Waals surface area (Å²) in [5.41, 5.74) is 2.61. The summed E-state index contributed by atoms with van der Waals surface area (Å²) in [5.74, 6) is 1.37. The van der Waals surface area contributed by atoms with Crippen molar-refractivity contribution in [1.82, 2.24) is 29.9 Å². The minimum absolute atomic E-state index is 0.0975. The van der Waals surface area contributed by atoms with E-state index in [1.165, 1.54) is 0 Å². The Morgan fingerprint density at radius 1 is 1.42 bits per heavy atom. The van der Waals surface area contributed by atoms with Crippen LogP contribution in [0.2, 0.25) is 0 Å². The third-order valence-corrected chi connectivity index (χ3v) is 4.33. The van der Waals surface area contributed by atoms with Crippen LogP contribution in [0, 0.1) is 6.92 Å². The summed E-state index contributed by atoms with van der Waals surface area (Å²) in [7, 11) is 1.88. The summed E-state index contributed by atoms with van der Waals surface area (Å²) in [5, 5.41) is 14.2. The van der Waals surface area contributed by atoms with E-state index in [1.807, 2.05) is 49.3 Å². The Morgan fingerprint density at radius 2 is 2.27 bits per heavy atom. The molecule has 2 aromatic heterocycles. The van der Waals surface area contributed by atoms with Gasteiger partial charge in [0, 0.05) is 36.1 Å². The van der Waals surface area contributed by atoms with Gasteiger partial charge in [-0.2, -0.15) is 10.2 Å². The van der Waals surface area contributed by atoms with Crippen LogP contribution in [-0.2, 0) is 13.6 Å². The zero-order valence-electron chi connectivity index (χ0n) is 14.8. The molecule has 1 aliphatic carbocycles. The number of aryl methyl sites for hydroxylation is 2. The molecule has 26 heavy (non-hydrogen) atoms. The van der Waals surface area contributed by atoms with Gasteiger partial charge in [-0.3, -0.25) is 9.78 Å². The van der Waals surface area contributed by atoms with E-state index >= 15 is 0 Å². The summed E-state index contributed by atoms with van der Waals surface area (Å²) in [6.45, 7) is 2.41. The summed E-state index contributed by atoms with van der Waals surface area (Å²) >= 11 is 0. The van der Waals surface area contributed by atoms with E-state index in [9.17, 15) is 4.79 Å². The molecule has 3 aromatic rings. The molecule has 1 aliphatic rings. The number of nitrogens with zero attached hydrogens (tertiary/aromatic N) is 5. The van der Waals surface area contributed by atoms with Crippen molar-refractivity contribution in [2.75, 3.05) is 5.32 Å². The van der Waals surface area contributed by atoms with Gasteiger partial charge in [0.15, 0.2) is 5.82 Å². The molecule has 0 bridgehead atoms. The minimum Gasteiger partial charge on any atom is -0.317 e. The van der Waals surface area contributed by atoms with Crippen molar-refractivity contribution < 1.29 is 4.79 Å². The van der Waals surface area contributed by atoms with Gasteiger partial charge < -0.3 is 10.2 Å². The Hall–Kier alpha value is -3.16. The SMILES string of the molecule is Cc1nc(-c2cccc(NC(=O)N(Cc3cnn(C)c3)C3CC3)c2)n[nH]1. The lowest BCUT2D eigenvalue weighted by Crippen LogP contribution is -2.36. The molecule has 2 amide bonds. The Kier molecular flexibility index (Phi) is 4.16. The lowest BCUT2D eigenvalue weighted by Gasteiger charge is -2.22. The van der Waals surface area contributed by atoms with E-state index in [0.717, 1.165) is 35.5 Å². The quantitative estimate of drug-likeness (QED) is 0.739. The number of carbonyl (C=O) groups excluding carboxylic acids is 1. The van der Waals surface area contributed by atoms with Crippen LogP contribution in [0.3, 0.4) is 0 Å². The van der Waals surface area contributed by atoms with E-state index in [4.69, 9.17) is 0 Å². The van der Waals surface area contributed by atoms with Crippen molar-refractivity contribution in [3.05, 3.63) is 48.0 Å². The molecule has 1 saturated carbocycles. The number of carbonyl (C=O) groups is 1. The maximum Gasteiger partial charge on any atom is 0.322 e. The highest BCUT2D eigenvalue weighted by atomic mass is 16.2. The number of aromatic nitrogens is 5. The van der Waals surface area contributed by atoms with Crippen LogP contribution >= 0.6 is 0 Å². The molecular weight excluding hydrogens is 330 g/mol. The number of nitrogens with one attached hydrogen (secondary N) is 2. The lowest BCUT2D eigenvalue weighted by molar-refractivity contribution is 0.206. The maximum atomic E-state index is 12.8. The fourth-order valence-corrected chi connectivity index (χ4v) is 2.91. The number of urea groups is 1. The number of hydrogen-bond donors (Lipinski definition) is 2. The van der Waals surface area contributed by atoms with Crippen molar-refractivity contribution >= 4 is 11.7 Å². The van der Waals surface area contributed by atoms with E-state index < -0.39 is 0 Å². The van der Waals surface area contributed by atoms with Gasteiger partial charge in [-0.15, -0.1) is 0 Å². The number of rotatable bonds is 5. The molecule has 0 saturated heterocycles. The fourth-order valence-electron chi connectivity index (χ4n) is 2.91. The van der Waals surface area contributed by atoms with Crippen molar-refractivity contribution in [2.45, 2.75) is 32.4 Å². The first-order valence-electron chi connectivity index (χ1n) is 8.63. The average molecular weight is 351 g/mol. The van der Waals surface area contributed by atoms with Gasteiger partial charge in [0.1, 0.15) is 5.82 Å². The predicted molar refractivity (Wildman–Crippen MR) is 97.3 cm³/mol. The van der Waals surface area contributed by atoms with E-state index in [-0.39, 0.29) is 6.03 Å². The van der Waals surface area contributed by atoms with Crippen LogP contribution in [-0.4, -0.2) is 41.9 Å². The summed E-state index contributed by atoms with van der Waals surface area (Å²) < 4.78 is 1.75. The maximum absolute atomic E-state index is 12.8. The van der Waals surface area contributed by atoms with E-state index in [0.29, 0.717) is 18.4 Å². The normalized spacial score (nSPS) is 13.6. The molecular formula is C18H21N7O. The second kappa shape index (κ2) is 6.62. The highest BCUT2D eigenvalue weighted by molar-refractivity contribution is 5.90. The number of anilines is 1. The molecule has 0 unspecified atom stereocenters. The number of benzene rings is 1. The predicted octanol–water partition coefficient (Wildman–Crippen LogP) is 2.71. The van der Waals surface area contributed by atoms with Crippen LogP contribution in [0.15, 0.2) is 36.7 Å². The van der Waals surface area contributed by atoms with Gasteiger partial charge in [-0.05, 0) is 31.9 Å². The highest BCUT2D eigenvalue weighted by Crippen LogP contribution is 2.29. The smallest absolute Gasteiger partial charge is 0.317 e. The molecule has 1 fully saturated rings. The molecule has 0 spiro atoms. The van der Waals surface area contributed by atoms with Crippen molar-refractivity contribution in [2.24, 2.45) is 7.05 Å². The van der Waals surface area contributed by atoms with Crippen LogP contribution in [0.25, 0.3) is 11.4 Å². The Labute approximate surface area is 151 Å². The van der Waals surface area contributed by atoms with Gasteiger partial charge in [0.05, 0.1) is 12.7 Å². The topological polar surface area (TPSA) is 91.7 Å². The summed E-state index contributed by atoms with van der Waals surface area (Å²) in [6, 6.07) is 7.77. The first-order valence-corrected chi connectivity index (χ1v) is 8.63. The van der Waals surface area contributed by atoms with Gasteiger partial charge in [-0.1, -0.05) is 12.1 Å². The zero-order chi connectivity index (χ0) is 18.1. The van der Waals surface area contributed by atoms with E-state index in [1.54, 1.807) is 10.9 Å². The second-order valence-electron chi connectivity index (χ2n) is 6.64. The first-order chi connectivity index (χ1) is 12.6. The first kappa shape index (κ1) is 16.3. The van der Waals surface area contributed by atoms with Crippen molar-refractivity contribution in [3.8, 4) is 11.4 Å². The lowest BCUT2D eigenvalue weighted by atomic mass is 10.2. The molecule has 8 heteroatoms. The molecule has 8 nitrogen and oxygen atoms in total. The van der Waals surface area contributed by atoms with Gasteiger partial charge in [0.2, 0.25) is 0 Å². The largest absolute Gasteiger partial charge is 0.322 e. The summed E-state index contributed by atoms with van der Waals surface area (Å²) in [6.07, 6.45) is 5.83. The third kappa shape index (κ3) is 3.58. The van der Waals surface area contributed by atoms with Gasteiger partial charge >= 0.3 is 6.03 Å². The van der Waals surface area contributed by atoms with Crippen LogP contribution in [0.4, 0.5) is 10.5 Å². The third-order valence-electron chi connectivity index (χ3n) is 4.33. The monoisotopic (exact) mass is 351 g/mol. The standard InChI is InChI=1S/C18H21N7O/c1-12-20-17(23-22-12)14-4-3-5-15(8-14)21-18(26)25(16-6-7-16)11-13-9-19-24(2)10-13/h3-5,8-10,16H,6-7,11H2,1-2H3,(H,21,26)(H,20,22,23). The van der Waals surface area contributed by atoms with Crippen molar-refractivity contribution in [1.29, 1.82) is 0 Å². The molecule has 2 heterocycles. The molecule has 4 rings (SSSR count). The van der Waals surface area contributed by atoms with E-state index in [2.05, 4.69) is 25.6 Å². The molecule has 134 valence electrons. The number of amides is 2. The minimum atomic E-state index is -0.0975. The molecule has 0 atom stereocenters. The Bertz CT molecular complexity index is 925. The van der Waals surface area contributed by atoms with Crippen LogP contribution < -0.4 is 5.32 Å². The number of H-pyrrole nitrogens is 1. The molecule has 2 N–H and O–H groups in total. The fraction of sp³-hybridized carbons (Fsp3) is 0.333. The van der Waals surface area contributed by atoms with Crippen molar-refractivity contribution in [3.63, 3.8) is 0 Å². The van der Waals surface area contributed by atoms with Crippen LogP contribution in [0.1, 0.15) is 24.2 Å².